The van der Waals surface area contributed by atoms with Crippen molar-refractivity contribution in [3.05, 3.63) is 43.1 Å². The van der Waals surface area contributed by atoms with Gasteiger partial charge in [-0.1, -0.05) is 22.9 Å². The van der Waals surface area contributed by atoms with Gasteiger partial charge in [-0.2, -0.15) is 0 Å². The molecule has 1 heterocycles. The number of benzene rings is 1. The number of anilines is 1. The number of hydrogen-bond donors (Lipinski definition) is 2. The van der Waals surface area contributed by atoms with Gasteiger partial charge in [0.1, 0.15) is 10.8 Å². The van der Waals surface area contributed by atoms with E-state index in [9.17, 15) is 9.59 Å². The molecule has 0 aliphatic heterocycles. The minimum atomic E-state index is -0.496. The molecule has 5 nitrogen and oxygen atoms in total. The highest BCUT2D eigenvalue weighted by molar-refractivity contribution is 9.11. The number of amides is 2. The molecule has 1 aromatic carbocycles. The summed E-state index contributed by atoms with van der Waals surface area (Å²) >= 11 is 8.21. The minimum Gasteiger partial charge on any atom is -0.483 e. The molecule has 26 heavy (non-hydrogen) atoms. The van der Waals surface area contributed by atoms with Gasteiger partial charge in [-0.15, -0.1) is 11.3 Å². The van der Waals surface area contributed by atoms with E-state index in [0.717, 1.165) is 38.6 Å². The molecule has 3 rings (SSSR count). The fourth-order valence-electron chi connectivity index (χ4n) is 3.00. The number of carbonyl (C=O) groups excluding carboxylic acids is 2. The maximum absolute atomic E-state index is 12.3. The van der Waals surface area contributed by atoms with E-state index in [1.165, 1.54) is 11.3 Å². The molecule has 138 valence electrons. The Labute approximate surface area is 172 Å². The average Bonchev–Trinajstić information content (AvgIpc) is 2.90. The van der Waals surface area contributed by atoms with Crippen LogP contribution in [-0.4, -0.2) is 18.4 Å². The molecule has 3 N–H and O–H groups in total. The highest BCUT2D eigenvalue weighted by atomic mass is 79.9. The van der Waals surface area contributed by atoms with Crippen LogP contribution in [0, 0.1) is 5.92 Å². The number of thiophene rings is 1. The largest absolute Gasteiger partial charge is 0.483 e. The van der Waals surface area contributed by atoms with Crippen LogP contribution >= 0.6 is 43.2 Å². The summed E-state index contributed by atoms with van der Waals surface area (Å²) in [6, 6.07) is 5.44. The molecule has 8 heteroatoms. The third-order valence-corrected chi connectivity index (χ3v) is 6.55. The Morgan fingerprint density at radius 3 is 2.85 bits per heavy atom. The van der Waals surface area contributed by atoms with E-state index >= 15 is 0 Å². The van der Waals surface area contributed by atoms with Gasteiger partial charge in [0.05, 0.1) is 10.0 Å². The number of hydrogen-bond acceptors (Lipinski definition) is 4. The SMILES string of the molecule is CC1CCc2c(sc(NC(=O)COc3ccc(Br)cc3Br)c2C(N)=O)C1. The summed E-state index contributed by atoms with van der Waals surface area (Å²) in [6.45, 7) is 2.03. The number of nitrogens with two attached hydrogens (primary N) is 1. The Bertz CT molecular complexity index is 866. The molecule has 1 atom stereocenters. The molecular weight excluding hydrogens is 484 g/mol. The summed E-state index contributed by atoms with van der Waals surface area (Å²) in [7, 11) is 0. The normalized spacial score (nSPS) is 16.0. The van der Waals surface area contributed by atoms with Crippen molar-refractivity contribution in [3.63, 3.8) is 0 Å². The van der Waals surface area contributed by atoms with Crippen molar-refractivity contribution >= 4 is 60.0 Å². The molecule has 0 saturated heterocycles. The second-order valence-corrected chi connectivity index (χ2v) is 9.21. The predicted molar refractivity (Wildman–Crippen MR) is 110 cm³/mol. The Kier molecular flexibility index (Phi) is 6.04. The first kappa shape index (κ1) is 19.4. The third kappa shape index (κ3) is 4.29. The van der Waals surface area contributed by atoms with Gasteiger partial charge in [0.2, 0.25) is 0 Å². The summed E-state index contributed by atoms with van der Waals surface area (Å²) in [6.07, 6.45) is 2.76. The zero-order valence-electron chi connectivity index (χ0n) is 14.1. The maximum Gasteiger partial charge on any atom is 0.262 e. The van der Waals surface area contributed by atoms with Crippen LogP contribution in [0.15, 0.2) is 27.1 Å². The average molecular weight is 502 g/mol. The van der Waals surface area contributed by atoms with E-state index in [1.807, 2.05) is 12.1 Å². The number of nitrogens with one attached hydrogen (secondary N) is 1. The van der Waals surface area contributed by atoms with E-state index < -0.39 is 5.91 Å². The van der Waals surface area contributed by atoms with Gasteiger partial charge in [0, 0.05) is 9.35 Å². The summed E-state index contributed by atoms with van der Waals surface area (Å²) in [5.74, 6) is 0.319. The van der Waals surface area contributed by atoms with Gasteiger partial charge in [-0.25, -0.2) is 0 Å². The number of ether oxygens (including phenoxy) is 1. The predicted octanol–water partition coefficient (Wildman–Crippen LogP) is 4.51. The standard InChI is InChI=1S/C18H18Br2N2O3S/c1-9-2-4-11-14(6-9)26-18(16(11)17(21)24)22-15(23)8-25-13-5-3-10(19)7-12(13)20/h3,5,7,9H,2,4,6,8H2,1H3,(H2,21,24)(H,22,23). The monoisotopic (exact) mass is 500 g/mol. The van der Waals surface area contributed by atoms with E-state index in [1.54, 1.807) is 6.07 Å². The minimum absolute atomic E-state index is 0.155. The zero-order chi connectivity index (χ0) is 18.8. The van der Waals surface area contributed by atoms with Gasteiger partial charge < -0.3 is 15.8 Å². The van der Waals surface area contributed by atoms with Gasteiger partial charge in [0.15, 0.2) is 6.61 Å². The maximum atomic E-state index is 12.3. The van der Waals surface area contributed by atoms with Crippen molar-refractivity contribution in [1.29, 1.82) is 0 Å². The van der Waals surface area contributed by atoms with Crippen LogP contribution in [0.1, 0.15) is 34.1 Å². The molecule has 1 aromatic heterocycles. The van der Waals surface area contributed by atoms with Gasteiger partial charge >= 0.3 is 0 Å². The lowest BCUT2D eigenvalue weighted by atomic mass is 9.88. The van der Waals surface area contributed by atoms with Crippen LogP contribution in [0.2, 0.25) is 0 Å². The molecule has 0 radical (unpaired) electrons. The molecule has 2 amide bonds. The molecule has 0 spiro atoms. The molecule has 1 aliphatic rings. The first-order chi connectivity index (χ1) is 12.3. The highest BCUT2D eigenvalue weighted by Gasteiger charge is 2.27. The summed E-state index contributed by atoms with van der Waals surface area (Å²) in [5, 5.41) is 3.32. The van der Waals surface area contributed by atoms with Crippen molar-refractivity contribution in [2.75, 3.05) is 11.9 Å². The van der Waals surface area contributed by atoms with E-state index in [0.29, 0.717) is 22.2 Å². The van der Waals surface area contributed by atoms with Gasteiger partial charge in [-0.05, 0) is 64.9 Å². The van der Waals surface area contributed by atoms with E-state index in [4.69, 9.17) is 10.5 Å². The number of halogens is 2. The Morgan fingerprint density at radius 1 is 1.38 bits per heavy atom. The second-order valence-electron chi connectivity index (χ2n) is 6.33. The van der Waals surface area contributed by atoms with Crippen molar-refractivity contribution < 1.29 is 14.3 Å². The molecule has 1 unspecified atom stereocenters. The van der Waals surface area contributed by atoms with Gasteiger partial charge in [-0.3, -0.25) is 9.59 Å². The lowest BCUT2D eigenvalue weighted by molar-refractivity contribution is -0.118. The Balaban J connectivity index is 1.72. The smallest absolute Gasteiger partial charge is 0.262 e. The zero-order valence-corrected chi connectivity index (χ0v) is 18.1. The molecule has 0 bridgehead atoms. The van der Waals surface area contributed by atoms with Crippen LogP contribution in [0.25, 0.3) is 0 Å². The van der Waals surface area contributed by atoms with Crippen molar-refractivity contribution in [2.45, 2.75) is 26.2 Å². The molecular formula is C18H18Br2N2O3S. The molecule has 1 aliphatic carbocycles. The Hall–Kier alpha value is -1.38. The number of rotatable bonds is 5. The molecule has 0 saturated carbocycles. The van der Waals surface area contributed by atoms with Crippen molar-refractivity contribution in [1.82, 2.24) is 0 Å². The van der Waals surface area contributed by atoms with Crippen molar-refractivity contribution in [2.24, 2.45) is 11.7 Å². The topological polar surface area (TPSA) is 81.4 Å². The van der Waals surface area contributed by atoms with Crippen LogP contribution in [0.5, 0.6) is 5.75 Å². The summed E-state index contributed by atoms with van der Waals surface area (Å²) in [4.78, 5) is 25.4. The lowest BCUT2D eigenvalue weighted by Crippen LogP contribution is -2.22. The molecule has 0 fully saturated rings. The Morgan fingerprint density at radius 2 is 2.15 bits per heavy atom. The lowest BCUT2D eigenvalue weighted by Gasteiger charge is -2.18. The number of fused-ring (bicyclic) bond motifs is 1. The van der Waals surface area contributed by atoms with Crippen molar-refractivity contribution in [3.8, 4) is 5.75 Å². The molecule has 2 aromatic rings. The van der Waals surface area contributed by atoms with Crippen LogP contribution in [0.4, 0.5) is 5.00 Å². The quantitative estimate of drug-likeness (QED) is 0.632. The van der Waals surface area contributed by atoms with E-state index in [-0.39, 0.29) is 12.5 Å². The third-order valence-electron chi connectivity index (χ3n) is 4.26. The highest BCUT2D eigenvalue weighted by Crippen LogP contribution is 2.39. The summed E-state index contributed by atoms with van der Waals surface area (Å²) in [5.41, 5.74) is 7.01. The van der Waals surface area contributed by atoms with Crippen LogP contribution in [0.3, 0.4) is 0 Å². The van der Waals surface area contributed by atoms with Crippen LogP contribution < -0.4 is 15.8 Å². The number of primary amides is 1. The first-order valence-corrected chi connectivity index (χ1v) is 10.6. The fourth-order valence-corrected chi connectivity index (χ4v) is 5.59. The van der Waals surface area contributed by atoms with Crippen LogP contribution in [-0.2, 0) is 17.6 Å². The summed E-state index contributed by atoms with van der Waals surface area (Å²) < 4.78 is 7.21. The fraction of sp³-hybridized carbons (Fsp3) is 0.333. The second kappa shape index (κ2) is 8.10. The first-order valence-electron chi connectivity index (χ1n) is 8.17. The van der Waals surface area contributed by atoms with Gasteiger partial charge in [0.25, 0.3) is 11.8 Å². The number of carbonyl (C=O) groups is 2. The van der Waals surface area contributed by atoms with E-state index in [2.05, 4.69) is 44.1 Å².